The van der Waals surface area contributed by atoms with Crippen LogP contribution in [0.1, 0.15) is 20.8 Å². The maximum atomic E-state index is 10.9. The largest absolute Gasteiger partial charge is 0.465 e. The van der Waals surface area contributed by atoms with Gasteiger partial charge in [0.05, 0.1) is 6.26 Å². The fourth-order valence-corrected chi connectivity index (χ4v) is 1.52. The second-order valence-electron chi connectivity index (χ2n) is 4.27. The van der Waals surface area contributed by atoms with E-state index in [0.717, 1.165) is 6.26 Å². The Hall–Kier alpha value is -0.820. The molecule has 0 unspecified atom stereocenters. The van der Waals surface area contributed by atoms with E-state index in [0.29, 0.717) is 0 Å². The first kappa shape index (κ1) is 14.2. The van der Waals surface area contributed by atoms with Gasteiger partial charge in [0.2, 0.25) is 10.0 Å². The molecule has 7 heteroatoms. The van der Waals surface area contributed by atoms with Crippen LogP contribution in [0.3, 0.4) is 0 Å². The van der Waals surface area contributed by atoms with Crippen molar-refractivity contribution in [2.24, 2.45) is 0 Å². The molecule has 0 saturated heterocycles. The lowest BCUT2D eigenvalue weighted by Crippen LogP contribution is -2.48. The molecule has 0 saturated carbocycles. The van der Waals surface area contributed by atoms with Gasteiger partial charge in [-0.3, -0.25) is 0 Å². The van der Waals surface area contributed by atoms with Crippen molar-refractivity contribution in [2.75, 3.05) is 19.3 Å². The summed E-state index contributed by atoms with van der Waals surface area (Å²) in [6.07, 6.45) is -0.0207. The van der Waals surface area contributed by atoms with E-state index in [2.05, 4.69) is 4.72 Å². The molecule has 0 bridgehead atoms. The van der Waals surface area contributed by atoms with Gasteiger partial charge in [-0.2, -0.15) is 0 Å². The first-order valence-electron chi connectivity index (χ1n) is 4.49. The number of nitrogens with one attached hydrogen (secondary N) is 1. The van der Waals surface area contributed by atoms with Crippen molar-refractivity contribution in [3.8, 4) is 0 Å². The van der Waals surface area contributed by atoms with Crippen molar-refractivity contribution in [3.05, 3.63) is 0 Å². The lowest BCUT2D eigenvalue weighted by molar-refractivity contribution is 0.102. The predicted octanol–water partition coefficient (Wildman–Crippen LogP) is 0.314. The van der Waals surface area contributed by atoms with Gasteiger partial charge in [0.1, 0.15) is 0 Å². The molecule has 0 heterocycles. The lowest BCUT2D eigenvalue weighted by Gasteiger charge is -2.33. The van der Waals surface area contributed by atoms with Crippen LogP contribution in [0.4, 0.5) is 4.79 Å². The normalized spacial score (nSPS) is 12.5. The maximum absolute atomic E-state index is 10.9. The number of carboxylic acid groups (broad SMARTS) is 1. The van der Waals surface area contributed by atoms with Crippen molar-refractivity contribution in [1.29, 1.82) is 0 Å². The molecule has 0 fully saturated rings. The topological polar surface area (TPSA) is 86.7 Å². The SMILES string of the molecule is CC(C)(C)N(CCNS(C)(=O)=O)C(=O)O. The number of rotatable bonds is 4. The molecule has 90 valence electrons. The summed E-state index contributed by atoms with van der Waals surface area (Å²) in [5.74, 6) is 0. The Morgan fingerprint density at radius 1 is 1.40 bits per heavy atom. The van der Waals surface area contributed by atoms with Crippen LogP contribution in [0.25, 0.3) is 0 Å². The molecule has 0 radical (unpaired) electrons. The fraction of sp³-hybridized carbons (Fsp3) is 0.875. The van der Waals surface area contributed by atoms with Crippen LogP contribution in [0.15, 0.2) is 0 Å². The highest BCUT2D eigenvalue weighted by atomic mass is 32.2. The minimum atomic E-state index is -3.26. The second-order valence-corrected chi connectivity index (χ2v) is 6.10. The van der Waals surface area contributed by atoms with Gasteiger partial charge in [-0.25, -0.2) is 17.9 Å². The van der Waals surface area contributed by atoms with Crippen molar-refractivity contribution >= 4 is 16.1 Å². The highest BCUT2D eigenvalue weighted by Gasteiger charge is 2.25. The van der Waals surface area contributed by atoms with E-state index in [1.165, 1.54) is 4.90 Å². The molecular weight excluding hydrogens is 220 g/mol. The Kier molecular flexibility index (Phi) is 4.54. The molecule has 0 atom stereocenters. The minimum Gasteiger partial charge on any atom is -0.465 e. The smallest absolute Gasteiger partial charge is 0.407 e. The van der Waals surface area contributed by atoms with Crippen LogP contribution < -0.4 is 4.72 Å². The van der Waals surface area contributed by atoms with Gasteiger partial charge in [0, 0.05) is 18.6 Å². The van der Waals surface area contributed by atoms with Gasteiger partial charge < -0.3 is 10.0 Å². The average Bonchev–Trinajstić information content (AvgIpc) is 1.92. The summed E-state index contributed by atoms with van der Waals surface area (Å²) in [6, 6.07) is 0. The summed E-state index contributed by atoms with van der Waals surface area (Å²) in [4.78, 5) is 12.0. The van der Waals surface area contributed by atoms with Crippen LogP contribution in [-0.2, 0) is 10.0 Å². The Bertz CT molecular complexity index is 318. The summed E-state index contributed by atoms with van der Waals surface area (Å²) in [5.41, 5.74) is -0.537. The van der Waals surface area contributed by atoms with E-state index in [1.54, 1.807) is 20.8 Å². The van der Waals surface area contributed by atoms with Crippen molar-refractivity contribution in [3.63, 3.8) is 0 Å². The zero-order valence-corrected chi connectivity index (χ0v) is 10.3. The molecule has 15 heavy (non-hydrogen) atoms. The van der Waals surface area contributed by atoms with E-state index in [4.69, 9.17) is 5.11 Å². The highest BCUT2D eigenvalue weighted by molar-refractivity contribution is 7.88. The minimum absolute atomic E-state index is 0.0857. The molecule has 0 rings (SSSR count). The second kappa shape index (κ2) is 4.80. The Balaban J connectivity index is 4.29. The van der Waals surface area contributed by atoms with Crippen LogP contribution in [0, 0.1) is 0 Å². The molecule has 0 aliphatic rings. The van der Waals surface area contributed by atoms with Gasteiger partial charge in [0.25, 0.3) is 0 Å². The van der Waals surface area contributed by atoms with Crippen LogP contribution >= 0.6 is 0 Å². The maximum Gasteiger partial charge on any atom is 0.407 e. The third kappa shape index (κ3) is 6.29. The Labute approximate surface area is 90.3 Å². The molecular formula is C8H18N2O4S. The number of hydrogen-bond acceptors (Lipinski definition) is 3. The number of nitrogens with zero attached hydrogens (tertiary/aromatic N) is 1. The van der Waals surface area contributed by atoms with Crippen LogP contribution in [0.5, 0.6) is 0 Å². The lowest BCUT2D eigenvalue weighted by atomic mass is 10.1. The number of hydrogen-bond donors (Lipinski definition) is 2. The standard InChI is InChI=1S/C8H18N2O4S/c1-8(2,3)10(7(11)12)6-5-9-15(4,13)14/h9H,5-6H2,1-4H3,(H,11,12). The van der Waals surface area contributed by atoms with Crippen LogP contribution in [-0.4, -0.2) is 49.4 Å². The van der Waals surface area contributed by atoms with Crippen molar-refractivity contribution in [2.45, 2.75) is 26.3 Å². The molecule has 0 aromatic heterocycles. The molecule has 0 aliphatic heterocycles. The third-order valence-electron chi connectivity index (χ3n) is 1.74. The molecule has 0 spiro atoms. The summed E-state index contributed by atoms with van der Waals surface area (Å²) in [5, 5.41) is 8.89. The molecule has 0 aliphatic carbocycles. The van der Waals surface area contributed by atoms with Gasteiger partial charge in [-0.05, 0) is 20.8 Å². The average molecular weight is 238 g/mol. The fourth-order valence-electron chi connectivity index (χ4n) is 1.06. The third-order valence-corrected chi connectivity index (χ3v) is 2.47. The Morgan fingerprint density at radius 3 is 2.13 bits per heavy atom. The van der Waals surface area contributed by atoms with Gasteiger partial charge >= 0.3 is 6.09 Å². The van der Waals surface area contributed by atoms with E-state index in [1.807, 2.05) is 0 Å². The zero-order chi connectivity index (χ0) is 12.3. The van der Waals surface area contributed by atoms with Gasteiger partial charge in [-0.15, -0.1) is 0 Å². The van der Waals surface area contributed by atoms with Crippen molar-refractivity contribution in [1.82, 2.24) is 9.62 Å². The van der Waals surface area contributed by atoms with Crippen LogP contribution in [0.2, 0.25) is 0 Å². The summed E-state index contributed by atoms with van der Waals surface area (Å²) in [7, 11) is -3.26. The summed E-state index contributed by atoms with van der Waals surface area (Å²) < 4.78 is 23.8. The molecule has 1 amide bonds. The van der Waals surface area contributed by atoms with E-state index in [9.17, 15) is 13.2 Å². The highest BCUT2D eigenvalue weighted by Crippen LogP contribution is 2.12. The first-order chi connectivity index (χ1) is 6.54. The number of sulfonamides is 1. The number of carbonyl (C=O) groups is 1. The molecule has 0 aromatic rings. The summed E-state index contributed by atoms with van der Waals surface area (Å²) >= 11 is 0. The molecule has 0 aromatic carbocycles. The number of amides is 1. The zero-order valence-electron chi connectivity index (χ0n) is 9.44. The Morgan fingerprint density at radius 2 is 1.87 bits per heavy atom. The monoisotopic (exact) mass is 238 g/mol. The van der Waals surface area contributed by atoms with E-state index >= 15 is 0 Å². The van der Waals surface area contributed by atoms with Crippen molar-refractivity contribution < 1.29 is 18.3 Å². The predicted molar refractivity (Wildman–Crippen MR) is 57.3 cm³/mol. The van der Waals surface area contributed by atoms with E-state index in [-0.39, 0.29) is 13.1 Å². The van der Waals surface area contributed by atoms with Gasteiger partial charge in [0.15, 0.2) is 0 Å². The van der Waals surface area contributed by atoms with E-state index < -0.39 is 21.7 Å². The molecule has 2 N–H and O–H groups in total. The summed E-state index contributed by atoms with van der Waals surface area (Å²) in [6.45, 7) is 5.47. The molecule has 6 nitrogen and oxygen atoms in total. The first-order valence-corrected chi connectivity index (χ1v) is 6.38. The van der Waals surface area contributed by atoms with Gasteiger partial charge in [-0.1, -0.05) is 0 Å². The quantitative estimate of drug-likeness (QED) is 0.738.